The average Bonchev–Trinajstić information content (AvgIpc) is 2.54. The predicted octanol–water partition coefficient (Wildman–Crippen LogP) is 1.26. The molecule has 6 heteroatoms. The van der Waals surface area contributed by atoms with Crippen LogP contribution in [0.5, 0.6) is 0 Å². The van der Waals surface area contributed by atoms with Crippen LogP contribution in [0.4, 0.5) is 5.69 Å². The Labute approximate surface area is 135 Å². The maximum atomic E-state index is 11.5. The Balaban J connectivity index is 1.91. The minimum Gasteiger partial charge on any atom is -0.387 e. The van der Waals surface area contributed by atoms with E-state index >= 15 is 0 Å². The van der Waals surface area contributed by atoms with E-state index in [9.17, 15) is 4.79 Å². The van der Waals surface area contributed by atoms with Crippen LogP contribution < -0.4 is 10.2 Å². The number of piperidine rings is 1. The smallest absolute Gasteiger partial charge is 0.245 e. The summed E-state index contributed by atoms with van der Waals surface area (Å²) in [6, 6.07) is 4.03. The van der Waals surface area contributed by atoms with Gasteiger partial charge in [0.25, 0.3) is 0 Å². The van der Waals surface area contributed by atoms with E-state index in [0.29, 0.717) is 12.5 Å². The number of anilines is 1. The van der Waals surface area contributed by atoms with Gasteiger partial charge in [-0.1, -0.05) is 6.92 Å². The Hall–Kier alpha value is -2.21. The molecule has 0 aromatic carbocycles. The van der Waals surface area contributed by atoms with Crippen LogP contribution in [-0.2, 0) is 4.79 Å². The highest BCUT2D eigenvalue weighted by Crippen LogP contribution is 2.29. The molecule has 6 nitrogen and oxygen atoms in total. The van der Waals surface area contributed by atoms with Crippen molar-refractivity contribution in [3.8, 4) is 0 Å². The molecule has 3 heterocycles. The van der Waals surface area contributed by atoms with Crippen molar-refractivity contribution >= 4 is 22.5 Å². The van der Waals surface area contributed by atoms with E-state index in [1.807, 2.05) is 19.2 Å². The summed E-state index contributed by atoms with van der Waals surface area (Å²) >= 11 is 0. The highest BCUT2D eigenvalue weighted by atomic mass is 16.3. The standard InChI is InChI=1S/C17H22N4O2/c1-11-6-13(20-16(23)10-22)9-21(8-11)15-7-19-12(2)17-14(15)4-3-5-18-17/h3-5,7,11,13,22H,6,8-10H2,1-2H3,(H,20,23). The second-order valence-electron chi connectivity index (χ2n) is 6.30. The largest absolute Gasteiger partial charge is 0.387 e. The number of hydrogen-bond donors (Lipinski definition) is 2. The van der Waals surface area contributed by atoms with Gasteiger partial charge in [-0.2, -0.15) is 0 Å². The number of pyridine rings is 2. The van der Waals surface area contributed by atoms with E-state index in [1.165, 1.54) is 0 Å². The van der Waals surface area contributed by atoms with Crippen LogP contribution in [-0.4, -0.2) is 46.7 Å². The monoisotopic (exact) mass is 314 g/mol. The molecular weight excluding hydrogens is 292 g/mol. The fourth-order valence-corrected chi connectivity index (χ4v) is 3.37. The minimum atomic E-state index is -0.468. The summed E-state index contributed by atoms with van der Waals surface area (Å²) in [5.41, 5.74) is 2.88. The SMILES string of the molecule is Cc1ncc(N2CC(C)CC(NC(=O)CO)C2)c2cccnc12. The first kappa shape index (κ1) is 15.7. The van der Waals surface area contributed by atoms with Crippen LogP contribution in [0.2, 0.25) is 0 Å². The second-order valence-corrected chi connectivity index (χ2v) is 6.30. The van der Waals surface area contributed by atoms with E-state index < -0.39 is 6.61 Å². The highest BCUT2D eigenvalue weighted by Gasteiger charge is 2.27. The lowest BCUT2D eigenvalue weighted by Gasteiger charge is -2.38. The first-order valence-electron chi connectivity index (χ1n) is 7.94. The zero-order valence-corrected chi connectivity index (χ0v) is 13.5. The lowest BCUT2D eigenvalue weighted by molar-refractivity contribution is -0.124. The fraction of sp³-hybridized carbons (Fsp3) is 0.471. The summed E-state index contributed by atoms with van der Waals surface area (Å²) in [5.74, 6) is 0.123. The van der Waals surface area contributed by atoms with Gasteiger partial charge in [-0.15, -0.1) is 0 Å². The number of aryl methyl sites for hydroxylation is 1. The summed E-state index contributed by atoms with van der Waals surface area (Å²) in [6.07, 6.45) is 4.59. The van der Waals surface area contributed by atoms with E-state index in [0.717, 1.165) is 35.2 Å². The van der Waals surface area contributed by atoms with Gasteiger partial charge in [0.2, 0.25) is 5.91 Å². The van der Waals surface area contributed by atoms with E-state index in [4.69, 9.17) is 5.11 Å². The number of nitrogens with zero attached hydrogens (tertiary/aromatic N) is 3. The van der Waals surface area contributed by atoms with Gasteiger partial charge in [0.15, 0.2) is 0 Å². The zero-order valence-electron chi connectivity index (χ0n) is 13.5. The lowest BCUT2D eigenvalue weighted by Crippen LogP contribution is -2.51. The Kier molecular flexibility index (Phi) is 4.43. The molecule has 0 bridgehead atoms. The van der Waals surface area contributed by atoms with E-state index in [1.54, 1.807) is 6.20 Å². The molecule has 1 aliphatic heterocycles. The number of carbonyl (C=O) groups excluding carboxylic acids is 1. The second kappa shape index (κ2) is 6.50. The third kappa shape index (κ3) is 3.27. The number of rotatable bonds is 3. The van der Waals surface area contributed by atoms with Crippen molar-refractivity contribution in [2.24, 2.45) is 5.92 Å². The molecule has 1 saturated heterocycles. The molecule has 1 amide bonds. The first-order chi connectivity index (χ1) is 11.1. The molecule has 2 N–H and O–H groups in total. The zero-order chi connectivity index (χ0) is 16.4. The number of aliphatic hydroxyl groups is 1. The first-order valence-corrected chi connectivity index (χ1v) is 7.94. The van der Waals surface area contributed by atoms with Crippen LogP contribution >= 0.6 is 0 Å². The molecule has 0 spiro atoms. The van der Waals surface area contributed by atoms with Crippen LogP contribution in [0, 0.1) is 12.8 Å². The van der Waals surface area contributed by atoms with Crippen molar-refractivity contribution in [2.75, 3.05) is 24.6 Å². The van der Waals surface area contributed by atoms with Crippen molar-refractivity contribution in [1.82, 2.24) is 15.3 Å². The Morgan fingerprint density at radius 3 is 3.04 bits per heavy atom. The number of aliphatic hydroxyl groups excluding tert-OH is 1. The van der Waals surface area contributed by atoms with Gasteiger partial charge < -0.3 is 15.3 Å². The molecule has 2 unspecified atom stereocenters. The Morgan fingerprint density at radius 2 is 2.26 bits per heavy atom. The number of aromatic nitrogens is 2. The molecule has 2 atom stereocenters. The number of carbonyl (C=O) groups is 1. The molecule has 1 aliphatic rings. The molecule has 0 aliphatic carbocycles. The van der Waals surface area contributed by atoms with Gasteiger partial charge in [-0.25, -0.2) is 0 Å². The van der Waals surface area contributed by atoms with Crippen molar-refractivity contribution in [1.29, 1.82) is 0 Å². The van der Waals surface area contributed by atoms with E-state index in [2.05, 4.69) is 33.2 Å². The number of hydrogen-bond acceptors (Lipinski definition) is 5. The van der Waals surface area contributed by atoms with Gasteiger partial charge in [0.05, 0.1) is 23.1 Å². The lowest BCUT2D eigenvalue weighted by atomic mass is 9.95. The van der Waals surface area contributed by atoms with Gasteiger partial charge in [0.1, 0.15) is 6.61 Å². The van der Waals surface area contributed by atoms with Crippen molar-refractivity contribution < 1.29 is 9.90 Å². The van der Waals surface area contributed by atoms with Crippen molar-refractivity contribution in [3.05, 3.63) is 30.2 Å². The normalized spacial score (nSPS) is 21.4. The Morgan fingerprint density at radius 1 is 1.43 bits per heavy atom. The van der Waals surface area contributed by atoms with Crippen molar-refractivity contribution in [3.63, 3.8) is 0 Å². The number of nitrogens with one attached hydrogen (secondary N) is 1. The van der Waals surface area contributed by atoms with Crippen LogP contribution in [0.1, 0.15) is 19.0 Å². The van der Waals surface area contributed by atoms with E-state index in [-0.39, 0.29) is 11.9 Å². The molecular formula is C17H22N4O2. The molecule has 23 heavy (non-hydrogen) atoms. The predicted molar refractivity (Wildman–Crippen MR) is 89.3 cm³/mol. The summed E-state index contributed by atoms with van der Waals surface area (Å²) < 4.78 is 0. The summed E-state index contributed by atoms with van der Waals surface area (Å²) in [5, 5.41) is 12.9. The van der Waals surface area contributed by atoms with Gasteiger partial charge in [-0.05, 0) is 31.4 Å². The number of amides is 1. The summed E-state index contributed by atoms with van der Waals surface area (Å²) in [4.78, 5) is 22.7. The summed E-state index contributed by atoms with van der Waals surface area (Å²) in [7, 11) is 0. The van der Waals surface area contributed by atoms with Gasteiger partial charge >= 0.3 is 0 Å². The van der Waals surface area contributed by atoms with Crippen LogP contribution in [0.3, 0.4) is 0 Å². The molecule has 3 rings (SSSR count). The molecule has 2 aromatic rings. The van der Waals surface area contributed by atoms with Gasteiger partial charge in [-0.3, -0.25) is 14.8 Å². The van der Waals surface area contributed by atoms with Gasteiger partial charge in [0, 0.05) is 30.7 Å². The topological polar surface area (TPSA) is 78.4 Å². The molecule has 122 valence electrons. The van der Waals surface area contributed by atoms with Crippen LogP contribution in [0.15, 0.2) is 24.5 Å². The molecule has 0 radical (unpaired) electrons. The maximum Gasteiger partial charge on any atom is 0.245 e. The molecule has 2 aromatic heterocycles. The Bertz CT molecular complexity index is 719. The summed E-state index contributed by atoms with van der Waals surface area (Å²) in [6.45, 7) is 5.30. The van der Waals surface area contributed by atoms with Crippen LogP contribution in [0.25, 0.3) is 10.9 Å². The molecule has 0 saturated carbocycles. The third-order valence-electron chi connectivity index (χ3n) is 4.32. The molecule has 1 fully saturated rings. The highest BCUT2D eigenvalue weighted by molar-refractivity contribution is 5.92. The minimum absolute atomic E-state index is 0.0337. The average molecular weight is 314 g/mol. The quantitative estimate of drug-likeness (QED) is 0.892. The van der Waals surface area contributed by atoms with Crippen molar-refractivity contribution in [2.45, 2.75) is 26.3 Å². The maximum absolute atomic E-state index is 11.5. The third-order valence-corrected chi connectivity index (χ3v) is 4.32. The fourth-order valence-electron chi connectivity index (χ4n) is 3.37. The number of fused-ring (bicyclic) bond motifs is 1.